The number of hydrogen-bond acceptors (Lipinski definition) is 4. The lowest BCUT2D eigenvalue weighted by molar-refractivity contribution is 0.457. The molecule has 0 aliphatic rings. The van der Waals surface area contributed by atoms with E-state index >= 15 is 0 Å². The summed E-state index contributed by atoms with van der Waals surface area (Å²) in [6, 6.07) is 1.83. The fraction of sp³-hybridized carbons (Fsp3) is 0.538. The van der Waals surface area contributed by atoms with Crippen LogP contribution in [-0.2, 0) is 30.2 Å². The molecule has 0 bridgehead atoms. The Morgan fingerprint density at radius 2 is 1.95 bits per heavy atom. The van der Waals surface area contributed by atoms with E-state index in [4.69, 9.17) is 0 Å². The van der Waals surface area contributed by atoms with Crippen LogP contribution < -0.4 is 0 Å². The lowest BCUT2D eigenvalue weighted by Gasteiger charge is -2.16. The molecule has 0 saturated carbocycles. The number of aromatic nitrogens is 4. The van der Waals surface area contributed by atoms with Gasteiger partial charge < -0.3 is 0 Å². The van der Waals surface area contributed by atoms with Crippen LogP contribution in [0.15, 0.2) is 17.2 Å². The van der Waals surface area contributed by atoms with Gasteiger partial charge in [0.25, 0.3) is 0 Å². The Hall–Kier alpha value is -1.67. The maximum atomic E-state index is 12.7. The minimum atomic E-state index is -3.57. The molecule has 116 valence electrons. The van der Waals surface area contributed by atoms with Crippen molar-refractivity contribution in [2.24, 2.45) is 7.05 Å². The average molecular weight is 311 g/mol. The second-order valence-electron chi connectivity index (χ2n) is 5.05. The van der Waals surface area contributed by atoms with E-state index in [1.807, 2.05) is 19.2 Å². The summed E-state index contributed by atoms with van der Waals surface area (Å²) in [5, 5.41) is 8.49. The van der Waals surface area contributed by atoms with Gasteiger partial charge in [-0.1, -0.05) is 0 Å². The third kappa shape index (κ3) is 2.86. The van der Waals surface area contributed by atoms with E-state index in [2.05, 4.69) is 10.2 Å². The molecule has 7 nitrogen and oxygen atoms in total. The first-order chi connectivity index (χ1) is 9.77. The van der Waals surface area contributed by atoms with Gasteiger partial charge in [0, 0.05) is 26.8 Å². The molecule has 2 rings (SSSR count). The van der Waals surface area contributed by atoms with E-state index in [1.165, 1.54) is 4.31 Å². The van der Waals surface area contributed by atoms with Crippen LogP contribution in [0.1, 0.15) is 24.0 Å². The van der Waals surface area contributed by atoms with Crippen molar-refractivity contribution in [3.63, 3.8) is 0 Å². The quantitative estimate of drug-likeness (QED) is 0.828. The van der Waals surface area contributed by atoms with Crippen molar-refractivity contribution in [3.8, 4) is 0 Å². The summed E-state index contributed by atoms with van der Waals surface area (Å²) in [6.07, 6.45) is 1.84. The van der Waals surface area contributed by atoms with Gasteiger partial charge in [-0.25, -0.2) is 8.42 Å². The first-order valence-corrected chi connectivity index (χ1v) is 8.20. The molecule has 2 aromatic rings. The Kier molecular flexibility index (Phi) is 4.20. The molecule has 0 saturated heterocycles. The van der Waals surface area contributed by atoms with Gasteiger partial charge in [-0.05, 0) is 26.8 Å². The fourth-order valence-corrected chi connectivity index (χ4v) is 3.79. The Morgan fingerprint density at radius 3 is 2.43 bits per heavy atom. The number of sulfonamides is 1. The van der Waals surface area contributed by atoms with Gasteiger partial charge in [0.05, 0.1) is 23.6 Å². The predicted octanol–water partition coefficient (Wildman–Crippen LogP) is 1.07. The molecule has 2 heterocycles. The van der Waals surface area contributed by atoms with Gasteiger partial charge in [-0.3, -0.25) is 9.36 Å². The Morgan fingerprint density at radius 1 is 1.29 bits per heavy atom. The molecule has 0 N–H and O–H groups in total. The van der Waals surface area contributed by atoms with E-state index in [1.54, 1.807) is 37.3 Å². The smallest absolute Gasteiger partial charge is 0.246 e. The predicted molar refractivity (Wildman–Crippen MR) is 79.2 cm³/mol. The highest BCUT2D eigenvalue weighted by Gasteiger charge is 2.28. The summed E-state index contributed by atoms with van der Waals surface area (Å²) < 4.78 is 30.1. The highest BCUT2D eigenvalue weighted by atomic mass is 32.2. The first kappa shape index (κ1) is 15.7. The van der Waals surface area contributed by atoms with Gasteiger partial charge >= 0.3 is 0 Å². The van der Waals surface area contributed by atoms with Crippen molar-refractivity contribution < 1.29 is 8.42 Å². The SMILES string of the molecule is CCn1ccc(CN(C)S(=O)(=O)c2c(C)nn(C)c2C)n1. The number of nitrogens with zero attached hydrogens (tertiary/aromatic N) is 5. The van der Waals surface area contributed by atoms with E-state index in [9.17, 15) is 8.42 Å². The molecule has 0 unspecified atom stereocenters. The largest absolute Gasteiger partial charge is 0.273 e. The fourth-order valence-electron chi connectivity index (χ4n) is 2.26. The summed E-state index contributed by atoms with van der Waals surface area (Å²) in [7, 11) is -0.272. The van der Waals surface area contributed by atoms with E-state index in [0.29, 0.717) is 11.4 Å². The van der Waals surface area contributed by atoms with Gasteiger partial charge in [0.1, 0.15) is 4.90 Å². The summed E-state index contributed by atoms with van der Waals surface area (Å²) >= 11 is 0. The minimum Gasteiger partial charge on any atom is -0.273 e. The molecule has 0 amide bonds. The van der Waals surface area contributed by atoms with Crippen LogP contribution in [0.25, 0.3) is 0 Å². The highest BCUT2D eigenvalue weighted by molar-refractivity contribution is 7.89. The van der Waals surface area contributed by atoms with E-state index in [0.717, 1.165) is 12.2 Å². The zero-order chi connectivity index (χ0) is 15.8. The Bertz CT molecular complexity index is 745. The summed E-state index contributed by atoms with van der Waals surface area (Å²) in [5.41, 5.74) is 1.88. The van der Waals surface area contributed by atoms with Crippen LogP contribution >= 0.6 is 0 Å². The molecule has 0 radical (unpaired) electrons. The Labute approximate surface area is 125 Å². The summed E-state index contributed by atoms with van der Waals surface area (Å²) in [4.78, 5) is 0.280. The molecular weight excluding hydrogens is 290 g/mol. The van der Waals surface area contributed by atoms with Crippen molar-refractivity contribution in [1.29, 1.82) is 0 Å². The molecule has 0 spiro atoms. The van der Waals surface area contributed by atoms with Crippen molar-refractivity contribution in [3.05, 3.63) is 29.3 Å². The molecular formula is C13H21N5O2S. The molecule has 0 atom stereocenters. The monoisotopic (exact) mass is 311 g/mol. The van der Waals surface area contributed by atoms with E-state index < -0.39 is 10.0 Å². The zero-order valence-corrected chi connectivity index (χ0v) is 13.8. The number of hydrogen-bond donors (Lipinski definition) is 0. The highest BCUT2D eigenvalue weighted by Crippen LogP contribution is 2.23. The molecule has 0 aromatic carbocycles. The normalized spacial score (nSPS) is 12.3. The second kappa shape index (κ2) is 5.61. The van der Waals surface area contributed by atoms with Crippen molar-refractivity contribution in [1.82, 2.24) is 23.9 Å². The van der Waals surface area contributed by atoms with Crippen LogP contribution in [-0.4, -0.2) is 39.3 Å². The number of rotatable bonds is 5. The van der Waals surface area contributed by atoms with Crippen molar-refractivity contribution >= 4 is 10.0 Å². The van der Waals surface area contributed by atoms with Crippen LogP contribution in [0.5, 0.6) is 0 Å². The maximum absolute atomic E-state index is 12.7. The van der Waals surface area contributed by atoms with Gasteiger partial charge in [0.15, 0.2) is 0 Å². The van der Waals surface area contributed by atoms with Gasteiger partial charge in [-0.15, -0.1) is 0 Å². The average Bonchev–Trinajstić information content (AvgIpc) is 2.95. The lowest BCUT2D eigenvalue weighted by atomic mass is 10.4. The lowest BCUT2D eigenvalue weighted by Crippen LogP contribution is -2.27. The van der Waals surface area contributed by atoms with E-state index in [-0.39, 0.29) is 11.4 Å². The molecule has 0 aliphatic heterocycles. The van der Waals surface area contributed by atoms with Crippen LogP contribution in [0.4, 0.5) is 0 Å². The minimum absolute atomic E-state index is 0.239. The number of aryl methyl sites for hydroxylation is 3. The topological polar surface area (TPSA) is 73.0 Å². The Balaban J connectivity index is 2.30. The second-order valence-corrected chi connectivity index (χ2v) is 7.03. The summed E-state index contributed by atoms with van der Waals surface area (Å²) in [6.45, 7) is 6.45. The third-order valence-electron chi connectivity index (χ3n) is 3.52. The third-order valence-corrected chi connectivity index (χ3v) is 5.57. The maximum Gasteiger partial charge on any atom is 0.246 e. The van der Waals surface area contributed by atoms with Crippen molar-refractivity contribution in [2.75, 3.05) is 7.05 Å². The van der Waals surface area contributed by atoms with Crippen LogP contribution in [0.3, 0.4) is 0 Å². The first-order valence-electron chi connectivity index (χ1n) is 6.76. The molecule has 0 aliphatic carbocycles. The van der Waals surface area contributed by atoms with Crippen LogP contribution in [0, 0.1) is 13.8 Å². The molecule has 21 heavy (non-hydrogen) atoms. The molecule has 8 heteroatoms. The standard InChI is InChI=1S/C13H21N5O2S/c1-6-18-8-7-12(15-18)9-16(4)21(19,20)13-10(2)14-17(5)11(13)3/h7-8H,6,9H2,1-5H3. The van der Waals surface area contributed by atoms with Gasteiger partial charge in [0.2, 0.25) is 10.0 Å². The van der Waals surface area contributed by atoms with Crippen LogP contribution in [0.2, 0.25) is 0 Å². The molecule has 0 fully saturated rings. The zero-order valence-electron chi connectivity index (χ0n) is 13.0. The van der Waals surface area contributed by atoms with Gasteiger partial charge in [-0.2, -0.15) is 14.5 Å². The summed E-state index contributed by atoms with van der Waals surface area (Å²) in [5.74, 6) is 0. The van der Waals surface area contributed by atoms with Crippen molar-refractivity contribution in [2.45, 2.75) is 38.8 Å². The molecule has 2 aromatic heterocycles.